The zero-order valence-corrected chi connectivity index (χ0v) is 8.08. The van der Waals surface area contributed by atoms with E-state index in [0.29, 0.717) is 11.5 Å². The summed E-state index contributed by atoms with van der Waals surface area (Å²) in [5, 5.41) is 0. The molecule has 76 valence electrons. The first-order valence-corrected chi connectivity index (χ1v) is 5.61. The topological polar surface area (TPSA) is 78.6 Å². The first kappa shape index (κ1) is 9.29. The molecule has 1 heterocycles. The molecule has 1 aliphatic rings. The summed E-state index contributed by atoms with van der Waals surface area (Å²) in [7, 11) is -3.38. The van der Waals surface area contributed by atoms with Crippen LogP contribution in [-0.2, 0) is 9.84 Å². The van der Waals surface area contributed by atoms with Crippen LogP contribution >= 0.6 is 0 Å². The van der Waals surface area contributed by atoms with Gasteiger partial charge in [-0.25, -0.2) is 8.42 Å². The number of rotatable bonds is 2. The molecule has 2 rings (SSSR count). The summed E-state index contributed by atoms with van der Waals surface area (Å²) in [6, 6.07) is 4.44. The normalized spacial score (nSPS) is 14.4. The lowest BCUT2D eigenvalue weighted by molar-refractivity contribution is 0.174. The highest BCUT2D eigenvalue weighted by Crippen LogP contribution is 2.33. The van der Waals surface area contributed by atoms with Crippen molar-refractivity contribution in [3.05, 3.63) is 18.2 Å². The fourth-order valence-corrected chi connectivity index (χ4v) is 1.92. The van der Waals surface area contributed by atoms with E-state index < -0.39 is 15.7 Å². The summed E-state index contributed by atoms with van der Waals surface area (Å²) in [6.45, 7) is 0.126. The third-order valence-corrected chi connectivity index (χ3v) is 3.33. The summed E-state index contributed by atoms with van der Waals surface area (Å²) < 4.78 is 32.9. The molecule has 14 heavy (non-hydrogen) atoms. The Morgan fingerprint density at radius 3 is 2.71 bits per heavy atom. The molecule has 0 unspecified atom stereocenters. The first-order chi connectivity index (χ1) is 6.63. The molecule has 1 aliphatic heterocycles. The number of nitrogens with two attached hydrogens (primary N) is 1. The van der Waals surface area contributed by atoms with E-state index in [1.807, 2.05) is 0 Å². The minimum Gasteiger partial charge on any atom is -0.454 e. The Morgan fingerprint density at radius 2 is 2.00 bits per heavy atom. The Hall–Kier alpha value is -1.27. The van der Waals surface area contributed by atoms with Gasteiger partial charge >= 0.3 is 0 Å². The Balaban J connectivity index is 2.48. The average molecular weight is 215 g/mol. The van der Waals surface area contributed by atoms with Gasteiger partial charge in [-0.15, -0.1) is 0 Å². The third-order valence-electron chi connectivity index (χ3n) is 1.92. The number of fused-ring (bicyclic) bond motifs is 1. The minimum absolute atomic E-state index is 0.126. The first-order valence-electron chi connectivity index (χ1n) is 3.96. The lowest BCUT2D eigenvalue weighted by atomic mass is 10.3. The maximum Gasteiger partial charge on any atom is 0.231 e. The highest BCUT2D eigenvalue weighted by molar-refractivity contribution is 7.91. The number of sulfone groups is 1. The van der Waals surface area contributed by atoms with Crippen LogP contribution in [0.4, 0.5) is 0 Å². The van der Waals surface area contributed by atoms with Crippen LogP contribution in [0.25, 0.3) is 0 Å². The van der Waals surface area contributed by atoms with Gasteiger partial charge in [-0.1, -0.05) is 0 Å². The number of hydrogen-bond acceptors (Lipinski definition) is 5. The lowest BCUT2D eigenvalue weighted by Gasteiger charge is -2.01. The molecular weight excluding hydrogens is 206 g/mol. The summed E-state index contributed by atoms with van der Waals surface area (Å²) in [5.74, 6) is 0.590. The molecule has 0 aliphatic carbocycles. The molecule has 0 amide bonds. The number of ether oxygens (including phenoxy) is 2. The smallest absolute Gasteiger partial charge is 0.231 e. The van der Waals surface area contributed by atoms with Crippen LogP contribution in [0.3, 0.4) is 0 Å². The molecule has 0 fully saturated rings. The van der Waals surface area contributed by atoms with Crippen LogP contribution in [-0.4, -0.2) is 21.1 Å². The van der Waals surface area contributed by atoms with Gasteiger partial charge < -0.3 is 15.2 Å². The fourth-order valence-electron chi connectivity index (χ4n) is 1.17. The Kier molecular flexibility index (Phi) is 2.09. The van der Waals surface area contributed by atoms with Crippen LogP contribution < -0.4 is 15.2 Å². The van der Waals surface area contributed by atoms with Crippen LogP contribution in [0.5, 0.6) is 11.5 Å². The van der Waals surface area contributed by atoms with Crippen molar-refractivity contribution >= 4 is 9.84 Å². The quantitative estimate of drug-likeness (QED) is 0.757. The van der Waals surface area contributed by atoms with Gasteiger partial charge in [-0.2, -0.15) is 0 Å². The molecule has 0 aromatic heterocycles. The minimum atomic E-state index is -3.38. The van der Waals surface area contributed by atoms with E-state index in [-0.39, 0.29) is 11.7 Å². The van der Waals surface area contributed by atoms with Crippen molar-refractivity contribution in [2.75, 3.05) is 12.7 Å². The van der Waals surface area contributed by atoms with E-state index in [1.54, 1.807) is 6.07 Å². The van der Waals surface area contributed by atoms with Gasteiger partial charge in [0.25, 0.3) is 0 Å². The molecule has 2 N–H and O–H groups in total. The van der Waals surface area contributed by atoms with Gasteiger partial charge in [0.05, 0.1) is 4.90 Å². The summed E-state index contributed by atoms with van der Waals surface area (Å²) in [4.78, 5) is 0.157. The average Bonchev–Trinajstić information content (AvgIpc) is 2.64. The maximum absolute atomic E-state index is 11.4. The molecule has 1 aromatic carbocycles. The molecule has 0 saturated carbocycles. The second-order valence-corrected chi connectivity index (χ2v) is 4.83. The van der Waals surface area contributed by atoms with E-state index in [0.717, 1.165) is 0 Å². The predicted molar refractivity (Wildman–Crippen MR) is 48.8 cm³/mol. The second kappa shape index (κ2) is 3.14. The predicted octanol–water partition coefficient (Wildman–Crippen LogP) is 0.105. The molecule has 0 saturated heterocycles. The standard InChI is InChI=1S/C8H9NO4S/c9-4-14(10,11)6-1-2-7-8(3-6)13-5-12-7/h1-3H,4-5,9H2. The van der Waals surface area contributed by atoms with Crippen LogP contribution in [0, 0.1) is 0 Å². The molecule has 6 heteroatoms. The van der Waals surface area contributed by atoms with Gasteiger partial charge in [0, 0.05) is 6.07 Å². The van der Waals surface area contributed by atoms with Crippen molar-refractivity contribution in [1.29, 1.82) is 0 Å². The number of benzene rings is 1. The van der Waals surface area contributed by atoms with E-state index in [1.165, 1.54) is 12.1 Å². The Labute approximate surface area is 81.3 Å². The Morgan fingerprint density at radius 1 is 1.29 bits per heavy atom. The summed E-state index contributed by atoms with van der Waals surface area (Å²) >= 11 is 0. The third kappa shape index (κ3) is 1.42. The van der Waals surface area contributed by atoms with E-state index in [4.69, 9.17) is 15.2 Å². The van der Waals surface area contributed by atoms with E-state index >= 15 is 0 Å². The largest absolute Gasteiger partial charge is 0.454 e. The molecule has 1 aromatic rings. The van der Waals surface area contributed by atoms with Gasteiger partial charge in [-0.05, 0) is 12.1 Å². The fraction of sp³-hybridized carbons (Fsp3) is 0.250. The second-order valence-electron chi connectivity index (χ2n) is 2.80. The van der Waals surface area contributed by atoms with Gasteiger partial charge in [0.1, 0.15) is 5.88 Å². The molecular formula is C8H9NO4S. The van der Waals surface area contributed by atoms with E-state index in [2.05, 4.69) is 0 Å². The molecule has 0 radical (unpaired) electrons. The van der Waals surface area contributed by atoms with Gasteiger partial charge in [0.15, 0.2) is 21.3 Å². The monoisotopic (exact) mass is 215 g/mol. The molecule has 0 atom stereocenters. The Bertz CT molecular complexity index is 454. The number of hydrogen-bond donors (Lipinski definition) is 1. The zero-order chi connectivity index (χ0) is 10.2. The molecule has 5 nitrogen and oxygen atoms in total. The van der Waals surface area contributed by atoms with Gasteiger partial charge in [-0.3, -0.25) is 0 Å². The van der Waals surface area contributed by atoms with Crippen LogP contribution in [0.1, 0.15) is 0 Å². The van der Waals surface area contributed by atoms with Crippen LogP contribution in [0.15, 0.2) is 23.1 Å². The van der Waals surface area contributed by atoms with Crippen molar-refractivity contribution in [2.45, 2.75) is 4.90 Å². The van der Waals surface area contributed by atoms with Crippen LogP contribution in [0.2, 0.25) is 0 Å². The maximum atomic E-state index is 11.4. The van der Waals surface area contributed by atoms with Crippen molar-refractivity contribution < 1.29 is 17.9 Å². The van der Waals surface area contributed by atoms with Crippen molar-refractivity contribution in [1.82, 2.24) is 0 Å². The highest BCUT2D eigenvalue weighted by atomic mass is 32.2. The van der Waals surface area contributed by atoms with Crippen molar-refractivity contribution in [3.8, 4) is 11.5 Å². The highest BCUT2D eigenvalue weighted by Gasteiger charge is 2.18. The summed E-state index contributed by atoms with van der Waals surface area (Å²) in [5.41, 5.74) is 5.12. The molecule has 0 spiro atoms. The molecule has 0 bridgehead atoms. The SMILES string of the molecule is NCS(=O)(=O)c1ccc2c(c1)OCO2. The van der Waals surface area contributed by atoms with E-state index in [9.17, 15) is 8.42 Å². The zero-order valence-electron chi connectivity index (χ0n) is 7.26. The van der Waals surface area contributed by atoms with Gasteiger partial charge in [0.2, 0.25) is 6.79 Å². The lowest BCUT2D eigenvalue weighted by Crippen LogP contribution is -2.14. The summed E-state index contributed by atoms with van der Waals surface area (Å²) in [6.07, 6.45) is 0. The van der Waals surface area contributed by atoms with Crippen molar-refractivity contribution in [2.24, 2.45) is 5.73 Å². The van der Waals surface area contributed by atoms with Crippen molar-refractivity contribution in [3.63, 3.8) is 0 Å².